The number of carboxylic acid groups (broad SMARTS) is 1. The third kappa shape index (κ3) is 2.48. The summed E-state index contributed by atoms with van der Waals surface area (Å²) in [7, 11) is 0. The van der Waals surface area contributed by atoms with Crippen molar-refractivity contribution in [3.05, 3.63) is 35.9 Å². The Morgan fingerprint density at radius 1 is 1.43 bits per heavy atom. The molecule has 14 heavy (non-hydrogen) atoms. The molecule has 76 valence electrons. The zero-order valence-electron chi connectivity index (χ0n) is 7.98. The summed E-state index contributed by atoms with van der Waals surface area (Å²) < 4.78 is 0. The Hall–Kier alpha value is -1.02. The van der Waals surface area contributed by atoms with Crippen LogP contribution in [0.2, 0.25) is 0 Å². The summed E-state index contributed by atoms with van der Waals surface area (Å²) in [5.41, 5.74) is 0.864. The minimum Gasteiger partial charge on any atom is -0.481 e. The van der Waals surface area contributed by atoms with Crippen LogP contribution in [-0.4, -0.2) is 11.1 Å². The van der Waals surface area contributed by atoms with E-state index in [2.05, 4.69) is 0 Å². The normalized spacial score (nSPS) is 14.7. The number of alkyl halides is 1. The molecule has 0 amide bonds. The lowest BCUT2D eigenvalue weighted by atomic mass is 9.96. The maximum absolute atomic E-state index is 10.9. The Bertz CT molecular complexity index is 297. The first kappa shape index (κ1) is 11.1. The van der Waals surface area contributed by atoms with Crippen LogP contribution in [0.1, 0.15) is 24.3 Å². The third-order valence-corrected chi connectivity index (χ3v) is 2.78. The van der Waals surface area contributed by atoms with Gasteiger partial charge in [-0.3, -0.25) is 4.79 Å². The summed E-state index contributed by atoms with van der Waals surface area (Å²) in [4.78, 5) is 10.9. The van der Waals surface area contributed by atoms with Crippen LogP contribution in [0, 0.1) is 5.92 Å². The number of carboxylic acids is 1. The molecule has 0 aliphatic rings. The molecule has 0 aromatic heterocycles. The molecule has 0 spiro atoms. The van der Waals surface area contributed by atoms with Crippen molar-refractivity contribution in [2.24, 2.45) is 5.92 Å². The lowest BCUT2D eigenvalue weighted by Crippen LogP contribution is -2.17. The zero-order valence-corrected chi connectivity index (χ0v) is 8.74. The highest BCUT2D eigenvalue weighted by molar-refractivity contribution is 6.22. The lowest BCUT2D eigenvalue weighted by molar-refractivity contribution is -0.141. The summed E-state index contributed by atoms with van der Waals surface area (Å²) in [6.45, 7) is 1.83. The fourth-order valence-corrected chi connectivity index (χ4v) is 1.81. The van der Waals surface area contributed by atoms with E-state index in [9.17, 15) is 4.79 Å². The quantitative estimate of drug-likeness (QED) is 0.779. The summed E-state index contributed by atoms with van der Waals surface area (Å²) in [5, 5.41) is 8.47. The van der Waals surface area contributed by atoms with E-state index in [1.54, 1.807) is 0 Å². The third-order valence-electron chi connectivity index (χ3n) is 2.23. The van der Waals surface area contributed by atoms with Crippen molar-refractivity contribution in [2.75, 3.05) is 0 Å². The molecular weight excluding hydrogens is 200 g/mol. The van der Waals surface area contributed by atoms with Gasteiger partial charge in [-0.1, -0.05) is 37.3 Å². The van der Waals surface area contributed by atoms with Gasteiger partial charge in [0.05, 0.1) is 11.3 Å². The largest absolute Gasteiger partial charge is 0.481 e. The van der Waals surface area contributed by atoms with Gasteiger partial charge in [-0.2, -0.15) is 0 Å². The van der Waals surface area contributed by atoms with Gasteiger partial charge in [-0.05, 0) is 12.0 Å². The standard InChI is InChI=1S/C11H13ClO2/c1-2-9(11(13)14)10(12)8-6-4-3-5-7-8/h3-7,9-10H,2H2,1H3,(H,13,14). The van der Waals surface area contributed by atoms with E-state index in [4.69, 9.17) is 16.7 Å². The minimum absolute atomic E-state index is 0.446. The van der Waals surface area contributed by atoms with Crippen LogP contribution in [0.4, 0.5) is 0 Å². The van der Waals surface area contributed by atoms with Crippen molar-refractivity contribution in [2.45, 2.75) is 18.7 Å². The smallest absolute Gasteiger partial charge is 0.308 e. The SMILES string of the molecule is CCC(C(=O)O)C(Cl)c1ccccc1. The lowest BCUT2D eigenvalue weighted by Gasteiger charge is -2.16. The van der Waals surface area contributed by atoms with E-state index in [0.717, 1.165) is 5.56 Å². The Kier molecular flexibility index (Phi) is 3.96. The monoisotopic (exact) mass is 212 g/mol. The fraction of sp³-hybridized carbons (Fsp3) is 0.364. The van der Waals surface area contributed by atoms with Gasteiger partial charge in [-0.25, -0.2) is 0 Å². The molecule has 0 radical (unpaired) electrons. The Balaban J connectivity index is 2.83. The summed E-state index contributed by atoms with van der Waals surface area (Å²) in [6, 6.07) is 9.31. The first-order chi connectivity index (χ1) is 6.66. The van der Waals surface area contributed by atoms with Gasteiger partial charge in [-0.15, -0.1) is 11.6 Å². The summed E-state index contributed by atoms with van der Waals surface area (Å²) in [6.07, 6.45) is 0.540. The number of aliphatic carboxylic acids is 1. The van der Waals surface area contributed by atoms with Crippen molar-refractivity contribution < 1.29 is 9.90 Å². The second kappa shape index (κ2) is 5.01. The molecule has 0 fully saturated rings. The Labute approximate surface area is 88.5 Å². The summed E-state index contributed by atoms with van der Waals surface area (Å²) in [5.74, 6) is -1.35. The molecule has 2 atom stereocenters. The van der Waals surface area contributed by atoms with Crippen LogP contribution in [0.25, 0.3) is 0 Å². The molecule has 1 aromatic carbocycles. The number of rotatable bonds is 4. The molecule has 0 saturated heterocycles. The van der Waals surface area contributed by atoms with Crippen LogP contribution in [0.3, 0.4) is 0 Å². The van der Waals surface area contributed by atoms with Gasteiger partial charge in [0.15, 0.2) is 0 Å². The van der Waals surface area contributed by atoms with Gasteiger partial charge >= 0.3 is 5.97 Å². The predicted molar refractivity (Wildman–Crippen MR) is 56.5 cm³/mol. The molecule has 1 N–H and O–H groups in total. The molecule has 1 rings (SSSR count). The molecule has 0 bridgehead atoms. The number of hydrogen-bond donors (Lipinski definition) is 1. The molecule has 0 heterocycles. The number of benzene rings is 1. The van der Waals surface area contributed by atoms with Crippen LogP contribution in [0.15, 0.2) is 30.3 Å². The first-order valence-electron chi connectivity index (χ1n) is 4.58. The molecule has 0 saturated carbocycles. The molecule has 0 aliphatic heterocycles. The minimum atomic E-state index is -0.837. The zero-order chi connectivity index (χ0) is 10.6. The van der Waals surface area contributed by atoms with Gasteiger partial charge < -0.3 is 5.11 Å². The van der Waals surface area contributed by atoms with Gasteiger partial charge in [0.25, 0.3) is 0 Å². The molecule has 0 aliphatic carbocycles. The maximum atomic E-state index is 10.9. The maximum Gasteiger partial charge on any atom is 0.308 e. The fourth-order valence-electron chi connectivity index (χ4n) is 1.38. The van der Waals surface area contributed by atoms with Crippen LogP contribution in [-0.2, 0) is 4.79 Å². The number of hydrogen-bond acceptors (Lipinski definition) is 1. The summed E-state index contributed by atoms with van der Waals surface area (Å²) >= 11 is 6.09. The van der Waals surface area contributed by atoms with Crippen molar-refractivity contribution in [1.82, 2.24) is 0 Å². The van der Waals surface area contributed by atoms with E-state index in [-0.39, 0.29) is 0 Å². The second-order valence-electron chi connectivity index (χ2n) is 3.17. The van der Waals surface area contributed by atoms with Crippen LogP contribution < -0.4 is 0 Å². The van der Waals surface area contributed by atoms with Gasteiger partial charge in [0.2, 0.25) is 0 Å². The van der Waals surface area contributed by atoms with E-state index in [1.165, 1.54) is 0 Å². The molecular formula is C11H13ClO2. The Morgan fingerprint density at radius 3 is 2.43 bits per heavy atom. The number of halogens is 1. The van der Waals surface area contributed by atoms with Crippen molar-refractivity contribution in [1.29, 1.82) is 0 Å². The average molecular weight is 213 g/mol. The predicted octanol–water partition coefficient (Wildman–Crippen LogP) is 3.08. The van der Waals surface area contributed by atoms with Crippen molar-refractivity contribution in [3.8, 4) is 0 Å². The highest BCUT2D eigenvalue weighted by Crippen LogP contribution is 2.30. The second-order valence-corrected chi connectivity index (χ2v) is 3.64. The highest BCUT2D eigenvalue weighted by atomic mass is 35.5. The number of carbonyl (C=O) groups is 1. The van der Waals surface area contributed by atoms with Gasteiger partial charge in [0, 0.05) is 0 Å². The van der Waals surface area contributed by atoms with Crippen molar-refractivity contribution >= 4 is 17.6 Å². The molecule has 1 aromatic rings. The van der Waals surface area contributed by atoms with Crippen LogP contribution in [0.5, 0.6) is 0 Å². The van der Waals surface area contributed by atoms with Gasteiger partial charge in [0.1, 0.15) is 0 Å². The highest BCUT2D eigenvalue weighted by Gasteiger charge is 2.25. The van der Waals surface area contributed by atoms with E-state index >= 15 is 0 Å². The molecule has 2 nitrogen and oxygen atoms in total. The van der Waals surface area contributed by atoms with Crippen molar-refractivity contribution in [3.63, 3.8) is 0 Å². The molecule has 2 unspecified atom stereocenters. The topological polar surface area (TPSA) is 37.3 Å². The molecule has 3 heteroatoms. The van der Waals surface area contributed by atoms with E-state index in [0.29, 0.717) is 6.42 Å². The average Bonchev–Trinajstić information content (AvgIpc) is 2.19. The Morgan fingerprint density at radius 2 is 2.00 bits per heavy atom. The van der Waals surface area contributed by atoms with E-state index in [1.807, 2.05) is 37.3 Å². The van der Waals surface area contributed by atoms with E-state index < -0.39 is 17.3 Å². The van der Waals surface area contributed by atoms with Crippen LogP contribution >= 0.6 is 11.6 Å². The first-order valence-corrected chi connectivity index (χ1v) is 5.02.